The molecular weight excluding hydrogens is 405 g/mol. The van der Waals surface area contributed by atoms with Crippen LogP contribution in [0.15, 0.2) is 48.3 Å². The standard InChI is InChI=1S/C31H44FN/c1-2-25-12-14-26(15-13-25)9-6-7-10-28-18-22-30(23-19-28)29-20-16-27(17-21-29)8-4-3-5-11-31(32)24-33/h3,5,11-15,27-30H,2,4,6-10,16-23H2,1H3. The summed E-state index contributed by atoms with van der Waals surface area (Å²) in [6, 6.07) is 10.7. The Morgan fingerprint density at radius 3 is 2.03 bits per heavy atom. The van der Waals surface area contributed by atoms with E-state index in [2.05, 4.69) is 31.2 Å². The minimum absolute atomic E-state index is 0.709. The molecule has 2 aliphatic rings. The monoisotopic (exact) mass is 449 g/mol. The zero-order valence-electron chi connectivity index (χ0n) is 20.8. The molecule has 3 rings (SSSR count). The summed E-state index contributed by atoms with van der Waals surface area (Å²) in [6.07, 6.45) is 25.2. The van der Waals surface area contributed by atoms with Crippen LogP contribution in [-0.4, -0.2) is 0 Å². The summed E-state index contributed by atoms with van der Waals surface area (Å²) in [5.41, 5.74) is 2.95. The van der Waals surface area contributed by atoms with E-state index in [0.29, 0.717) is 0 Å². The number of hydrogen-bond donors (Lipinski definition) is 0. The van der Waals surface area contributed by atoms with Crippen LogP contribution in [0.5, 0.6) is 0 Å². The van der Waals surface area contributed by atoms with Crippen molar-refractivity contribution in [3.8, 4) is 6.07 Å². The molecule has 33 heavy (non-hydrogen) atoms. The third kappa shape index (κ3) is 9.11. The summed E-state index contributed by atoms with van der Waals surface area (Å²) in [5.74, 6) is 3.06. The van der Waals surface area contributed by atoms with Crippen molar-refractivity contribution < 1.29 is 4.39 Å². The maximum Gasteiger partial charge on any atom is 0.199 e. The fourth-order valence-corrected chi connectivity index (χ4v) is 6.22. The number of aryl methyl sites for hydroxylation is 2. The largest absolute Gasteiger partial charge is 0.199 e. The molecule has 0 aliphatic heterocycles. The van der Waals surface area contributed by atoms with Crippen LogP contribution in [0.2, 0.25) is 0 Å². The molecule has 0 unspecified atom stereocenters. The van der Waals surface area contributed by atoms with Crippen LogP contribution in [0.25, 0.3) is 0 Å². The van der Waals surface area contributed by atoms with E-state index >= 15 is 0 Å². The summed E-state index contributed by atoms with van der Waals surface area (Å²) in [4.78, 5) is 0. The number of benzene rings is 1. The van der Waals surface area contributed by atoms with Gasteiger partial charge in [-0.05, 0) is 98.7 Å². The van der Waals surface area contributed by atoms with Crippen LogP contribution in [0, 0.1) is 35.0 Å². The number of hydrogen-bond acceptors (Lipinski definition) is 1. The Morgan fingerprint density at radius 2 is 1.45 bits per heavy atom. The van der Waals surface area contributed by atoms with Gasteiger partial charge in [0.2, 0.25) is 0 Å². The lowest BCUT2D eigenvalue weighted by atomic mass is 9.68. The van der Waals surface area contributed by atoms with Gasteiger partial charge in [0, 0.05) is 0 Å². The molecule has 0 atom stereocenters. The summed E-state index contributed by atoms with van der Waals surface area (Å²) >= 11 is 0. The van der Waals surface area contributed by atoms with Crippen LogP contribution in [0.1, 0.15) is 102 Å². The Morgan fingerprint density at radius 1 is 0.879 bits per heavy atom. The van der Waals surface area contributed by atoms with E-state index in [9.17, 15) is 4.39 Å². The molecule has 2 saturated carbocycles. The maximum atomic E-state index is 12.8. The molecule has 0 aromatic heterocycles. The molecule has 0 bridgehead atoms. The van der Waals surface area contributed by atoms with Gasteiger partial charge in [-0.1, -0.05) is 81.9 Å². The number of rotatable bonds is 11. The van der Waals surface area contributed by atoms with Crippen LogP contribution in [0.3, 0.4) is 0 Å². The molecule has 0 N–H and O–H groups in total. The molecule has 2 aliphatic carbocycles. The topological polar surface area (TPSA) is 23.8 Å². The van der Waals surface area contributed by atoms with E-state index in [1.165, 1.54) is 107 Å². The third-order valence-electron chi connectivity index (χ3n) is 8.44. The minimum atomic E-state index is -0.709. The number of nitrogens with zero attached hydrogens (tertiary/aromatic N) is 1. The van der Waals surface area contributed by atoms with E-state index in [-0.39, 0.29) is 0 Å². The lowest BCUT2D eigenvalue weighted by Crippen LogP contribution is -2.25. The zero-order chi connectivity index (χ0) is 23.3. The van der Waals surface area contributed by atoms with Gasteiger partial charge >= 0.3 is 0 Å². The van der Waals surface area contributed by atoms with Crippen molar-refractivity contribution in [2.45, 2.75) is 103 Å². The first-order valence-electron chi connectivity index (χ1n) is 13.7. The second kappa shape index (κ2) is 14.4. The summed E-state index contributed by atoms with van der Waals surface area (Å²) in [5, 5.41) is 8.42. The van der Waals surface area contributed by atoms with Gasteiger partial charge < -0.3 is 0 Å². The highest BCUT2D eigenvalue weighted by Gasteiger charge is 2.30. The van der Waals surface area contributed by atoms with Crippen LogP contribution < -0.4 is 0 Å². The van der Waals surface area contributed by atoms with Crippen LogP contribution >= 0.6 is 0 Å². The van der Waals surface area contributed by atoms with E-state index < -0.39 is 5.83 Å². The lowest BCUT2D eigenvalue weighted by molar-refractivity contribution is 0.140. The highest BCUT2D eigenvalue weighted by Crippen LogP contribution is 2.43. The van der Waals surface area contributed by atoms with Crippen molar-refractivity contribution >= 4 is 0 Å². The average molecular weight is 450 g/mol. The second-order valence-electron chi connectivity index (χ2n) is 10.6. The number of halogens is 1. The Kier molecular flexibility index (Phi) is 11.2. The molecule has 0 heterocycles. The van der Waals surface area contributed by atoms with Crippen molar-refractivity contribution in [1.82, 2.24) is 0 Å². The predicted octanol–water partition coefficient (Wildman–Crippen LogP) is 9.29. The van der Waals surface area contributed by atoms with Crippen molar-refractivity contribution in [3.63, 3.8) is 0 Å². The van der Waals surface area contributed by atoms with Crippen molar-refractivity contribution in [1.29, 1.82) is 5.26 Å². The van der Waals surface area contributed by atoms with Gasteiger partial charge in [0.1, 0.15) is 6.07 Å². The highest BCUT2D eigenvalue weighted by atomic mass is 19.1. The molecule has 1 nitrogen and oxygen atoms in total. The summed E-state index contributed by atoms with van der Waals surface area (Å²) in [7, 11) is 0. The zero-order valence-corrected chi connectivity index (χ0v) is 20.8. The van der Waals surface area contributed by atoms with Gasteiger partial charge in [-0.25, -0.2) is 0 Å². The molecule has 1 aromatic carbocycles. The molecule has 0 saturated heterocycles. The van der Waals surface area contributed by atoms with Crippen LogP contribution in [-0.2, 0) is 12.8 Å². The molecule has 1 aromatic rings. The summed E-state index contributed by atoms with van der Waals surface area (Å²) < 4.78 is 12.8. The number of allylic oxidation sites excluding steroid dienone is 4. The van der Waals surface area contributed by atoms with Crippen molar-refractivity contribution in [3.05, 3.63) is 59.4 Å². The first kappa shape index (κ1) is 25.7. The highest BCUT2D eigenvalue weighted by molar-refractivity contribution is 5.22. The molecule has 180 valence electrons. The lowest BCUT2D eigenvalue weighted by Gasteiger charge is -2.38. The second-order valence-corrected chi connectivity index (χ2v) is 10.6. The number of unbranched alkanes of at least 4 members (excludes halogenated alkanes) is 1. The predicted molar refractivity (Wildman–Crippen MR) is 137 cm³/mol. The van der Waals surface area contributed by atoms with Crippen LogP contribution in [0.4, 0.5) is 4.39 Å². The molecule has 2 heteroatoms. The average Bonchev–Trinajstić information content (AvgIpc) is 2.87. The van der Waals surface area contributed by atoms with Gasteiger partial charge in [0.25, 0.3) is 0 Å². The van der Waals surface area contributed by atoms with E-state index in [0.717, 1.165) is 36.5 Å². The van der Waals surface area contributed by atoms with Gasteiger partial charge in [-0.3, -0.25) is 0 Å². The first-order chi connectivity index (χ1) is 16.2. The molecule has 2 fully saturated rings. The van der Waals surface area contributed by atoms with Gasteiger partial charge in [0.05, 0.1) is 0 Å². The summed E-state index contributed by atoms with van der Waals surface area (Å²) in [6.45, 7) is 2.22. The molecule has 0 radical (unpaired) electrons. The fourth-order valence-electron chi connectivity index (χ4n) is 6.22. The Bertz CT molecular complexity index is 768. The Labute approximate surface area is 202 Å². The third-order valence-corrected chi connectivity index (χ3v) is 8.44. The molecular formula is C31H44FN. The van der Waals surface area contributed by atoms with E-state index in [1.54, 1.807) is 6.08 Å². The van der Waals surface area contributed by atoms with E-state index in [4.69, 9.17) is 5.26 Å². The normalized spacial score (nSPS) is 26.4. The van der Waals surface area contributed by atoms with Gasteiger partial charge in [-0.15, -0.1) is 0 Å². The Hall–Kier alpha value is -1.88. The van der Waals surface area contributed by atoms with Crippen molar-refractivity contribution in [2.24, 2.45) is 23.7 Å². The quantitative estimate of drug-likeness (QED) is 0.187. The fraction of sp³-hybridized carbons (Fsp3) is 0.645. The Balaban J connectivity index is 1.24. The van der Waals surface area contributed by atoms with Crippen molar-refractivity contribution in [2.75, 3.05) is 0 Å². The first-order valence-corrected chi connectivity index (χ1v) is 13.7. The van der Waals surface area contributed by atoms with Gasteiger partial charge in [0.15, 0.2) is 5.83 Å². The number of nitriles is 1. The van der Waals surface area contributed by atoms with E-state index in [1.807, 2.05) is 6.08 Å². The SMILES string of the molecule is CCc1ccc(CCCCC2CCC(C3CCC(CCC=CC=C(F)C#N)CC3)CC2)cc1. The minimum Gasteiger partial charge on any atom is -0.195 e. The maximum absolute atomic E-state index is 12.8. The van der Waals surface area contributed by atoms with Gasteiger partial charge in [-0.2, -0.15) is 9.65 Å². The smallest absolute Gasteiger partial charge is 0.195 e. The molecule has 0 amide bonds. The molecule has 0 spiro atoms.